The number of amides is 1. The molecule has 1 aliphatic carbocycles. The Bertz CT molecular complexity index is 936. The molecule has 0 aromatic carbocycles. The summed E-state index contributed by atoms with van der Waals surface area (Å²) in [7, 11) is 0. The number of piperidine rings is 1. The van der Waals surface area contributed by atoms with Gasteiger partial charge in [-0.25, -0.2) is 9.97 Å². The first kappa shape index (κ1) is 22.7. The van der Waals surface area contributed by atoms with Crippen molar-refractivity contribution in [3.8, 4) is 11.3 Å². The van der Waals surface area contributed by atoms with Crippen molar-refractivity contribution in [3.05, 3.63) is 47.6 Å². The monoisotopic (exact) mass is 453 g/mol. The molecule has 1 saturated heterocycles. The van der Waals surface area contributed by atoms with Crippen LogP contribution in [0.3, 0.4) is 0 Å². The number of carbonyl (C=O) groups is 1. The summed E-state index contributed by atoms with van der Waals surface area (Å²) >= 11 is 6.42. The van der Waals surface area contributed by atoms with Gasteiger partial charge in [0.25, 0.3) is 0 Å². The minimum atomic E-state index is -0.188. The Hall–Kier alpha value is -2.44. The van der Waals surface area contributed by atoms with Crippen molar-refractivity contribution in [1.29, 1.82) is 0 Å². The molecule has 0 bridgehead atoms. The van der Waals surface area contributed by atoms with E-state index in [0.717, 1.165) is 55.5 Å². The fourth-order valence-corrected chi connectivity index (χ4v) is 4.66. The van der Waals surface area contributed by atoms with Crippen molar-refractivity contribution in [2.24, 2.45) is 11.8 Å². The highest BCUT2D eigenvalue weighted by Gasteiger charge is 2.14. The third-order valence-corrected chi connectivity index (χ3v) is 6.58. The summed E-state index contributed by atoms with van der Waals surface area (Å²) in [5.41, 5.74) is 1.50. The summed E-state index contributed by atoms with van der Waals surface area (Å²) in [6.45, 7) is 2.92. The molecule has 0 radical (unpaired) electrons. The van der Waals surface area contributed by atoms with E-state index < -0.39 is 0 Å². The fourth-order valence-electron chi connectivity index (χ4n) is 4.46. The first-order valence-electron chi connectivity index (χ1n) is 11.7. The minimum absolute atomic E-state index is 0.188. The third kappa shape index (κ3) is 6.53. The van der Waals surface area contributed by atoms with Gasteiger partial charge in [-0.05, 0) is 68.3 Å². The molecule has 2 fully saturated rings. The highest BCUT2D eigenvalue weighted by atomic mass is 35.5. The molecule has 0 spiro atoms. The second-order valence-corrected chi connectivity index (χ2v) is 9.20. The summed E-state index contributed by atoms with van der Waals surface area (Å²) < 4.78 is 0. The average Bonchev–Trinajstić information content (AvgIpc) is 2.84. The lowest BCUT2D eigenvalue weighted by Gasteiger charge is -2.22. The molecular weight excluding hydrogens is 422 g/mol. The van der Waals surface area contributed by atoms with E-state index in [1.54, 1.807) is 18.3 Å². The molecule has 170 valence electrons. The van der Waals surface area contributed by atoms with Gasteiger partial charge in [0.15, 0.2) is 0 Å². The minimum Gasteiger partial charge on any atom is -0.370 e. The number of aromatic nitrogens is 2. The Morgan fingerprint density at radius 1 is 1.16 bits per heavy atom. The van der Waals surface area contributed by atoms with Crippen LogP contribution in [-0.4, -0.2) is 35.5 Å². The number of anilines is 2. The zero-order chi connectivity index (χ0) is 22.2. The number of rotatable bonds is 7. The van der Waals surface area contributed by atoms with E-state index in [2.05, 4.69) is 20.9 Å². The van der Waals surface area contributed by atoms with Gasteiger partial charge in [0.05, 0.1) is 10.7 Å². The largest absolute Gasteiger partial charge is 0.370 e. The van der Waals surface area contributed by atoms with Crippen molar-refractivity contribution in [3.63, 3.8) is 0 Å². The molecule has 3 N–H and O–H groups in total. The van der Waals surface area contributed by atoms with Gasteiger partial charge >= 0.3 is 0 Å². The molecular formula is C25H32ClN5O. The topological polar surface area (TPSA) is 78.9 Å². The SMILES string of the molecule is O=C(C=CC1CCCNC1)Nc1cc(-c2cccc(NCC3CCCCC3)n2)c(Cl)cn1. The standard InChI is InChI=1S/C25H32ClN5O/c26-21-17-29-24(31-25(32)12-11-19-8-5-13-27-15-19)14-20(21)22-9-4-10-23(30-22)28-16-18-6-2-1-3-7-18/h4,9-12,14,17-19,27H,1-3,5-8,13,15-16H2,(H,28,30)(H,29,31,32). The molecule has 1 unspecified atom stereocenters. The maximum atomic E-state index is 12.4. The normalized spacial score (nSPS) is 19.7. The Balaban J connectivity index is 1.40. The molecule has 2 aliphatic rings. The molecule has 32 heavy (non-hydrogen) atoms. The van der Waals surface area contributed by atoms with Crippen molar-refractivity contribution < 1.29 is 4.79 Å². The van der Waals surface area contributed by atoms with Gasteiger partial charge in [0.2, 0.25) is 5.91 Å². The highest BCUT2D eigenvalue weighted by molar-refractivity contribution is 6.33. The van der Waals surface area contributed by atoms with Crippen LogP contribution >= 0.6 is 11.6 Å². The Morgan fingerprint density at radius 2 is 2.03 bits per heavy atom. The number of carbonyl (C=O) groups excluding carboxylic acids is 1. The molecule has 7 heteroatoms. The van der Waals surface area contributed by atoms with Crippen molar-refractivity contribution >= 4 is 29.1 Å². The zero-order valence-electron chi connectivity index (χ0n) is 18.4. The maximum absolute atomic E-state index is 12.4. The molecule has 4 rings (SSSR count). The van der Waals surface area contributed by atoms with Crippen LogP contribution in [0.1, 0.15) is 44.9 Å². The average molecular weight is 454 g/mol. The van der Waals surface area contributed by atoms with Crippen LogP contribution in [0.15, 0.2) is 42.6 Å². The summed E-state index contributed by atoms with van der Waals surface area (Å²) in [5, 5.41) is 10.2. The van der Waals surface area contributed by atoms with Crippen LogP contribution < -0.4 is 16.0 Å². The lowest BCUT2D eigenvalue weighted by atomic mass is 9.89. The molecule has 1 amide bonds. The van der Waals surface area contributed by atoms with E-state index in [1.807, 2.05) is 24.3 Å². The van der Waals surface area contributed by atoms with Crippen molar-refractivity contribution in [1.82, 2.24) is 15.3 Å². The van der Waals surface area contributed by atoms with Crippen LogP contribution in [0.2, 0.25) is 5.02 Å². The quantitative estimate of drug-likeness (QED) is 0.497. The van der Waals surface area contributed by atoms with Crippen LogP contribution in [0, 0.1) is 11.8 Å². The van der Waals surface area contributed by atoms with Crippen molar-refractivity contribution in [2.45, 2.75) is 44.9 Å². The van der Waals surface area contributed by atoms with E-state index in [0.29, 0.717) is 16.8 Å². The second-order valence-electron chi connectivity index (χ2n) is 8.80. The third-order valence-electron chi connectivity index (χ3n) is 6.28. The number of hydrogen-bond acceptors (Lipinski definition) is 5. The lowest BCUT2D eigenvalue weighted by Crippen LogP contribution is -2.28. The Labute approximate surface area is 195 Å². The van der Waals surface area contributed by atoms with Crippen molar-refractivity contribution in [2.75, 3.05) is 30.3 Å². The van der Waals surface area contributed by atoms with Crippen LogP contribution in [-0.2, 0) is 4.79 Å². The predicted molar refractivity (Wildman–Crippen MR) is 131 cm³/mol. The van der Waals surface area contributed by atoms with Crippen LogP contribution in [0.25, 0.3) is 11.3 Å². The predicted octanol–water partition coefficient (Wildman–Crippen LogP) is 5.28. The second kappa shape index (κ2) is 11.4. The van der Waals surface area contributed by atoms with Gasteiger partial charge in [-0.15, -0.1) is 0 Å². The summed E-state index contributed by atoms with van der Waals surface area (Å²) in [5.74, 6) is 2.24. The van der Waals surface area contributed by atoms with Gasteiger partial charge in [-0.3, -0.25) is 4.79 Å². The first-order valence-corrected chi connectivity index (χ1v) is 12.1. The van der Waals surface area contributed by atoms with Gasteiger partial charge < -0.3 is 16.0 Å². The van der Waals surface area contributed by atoms with E-state index in [4.69, 9.17) is 16.6 Å². The van der Waals surface area contributed by atoms with Gasteiger partial charge in [0, 0.05) is 24.8 Å². The zero-order valence-corrected chi connectivity index (χ0v) is 19.2. The lowest BCUT2D eigenvalue weighted by molar-refractivity contribution is -0.112. The van der Waals surface area contributed by atoms with Gasteiger partial charge in [-0.1, -0.05) is 43.0 Å². The van der Waals surface area contributed by atoms with Crippen LogP contribution in [0.5, 0.6) is 0 Å². The summed E-state index contributed by atoms with van der Waals surface area (Å²) in [6, 6.07) is 7.66. The molecule has 2 aromatic rings. The Morgan fingerprint density at radius 3 is 2.84 bits per heavy atom. The van der Waals surface area contributed by atoms with Gasteiger partial charge in [-0.2, -0.15) is 0 Å². The molecule has 6 nitrogen and oxygen atoms in total. The molecule has 3 heterocycles. The van der Waals surface area contributed by atoms with Crippen LogP contribution in [0.4, 0.5) is 11.6 Å². The van der Waals surface area contributed by atoms with Gasteiger partial charge in [0.1, 0.15) is 11.6 Å². The summed E-state index contributed by atoms with van der Waals surface area (Å²) in [4.78, 5) is 21.4. The molecule has 2 aromatic heterocycles. The number of nitrogens with zero attached hydrogens (tertiary/aromatic N) is 2. The first-order chi connectivity index (χ1) is 15.7. The molecule has 1 saturated carbocycles. The van der Waals surface area contributed by atoms with E-state index in [9.17, 15) is 4.79 Å². The van der Waals surface area contributed by atoms with E-state index in [1.165, 1.54) is 32.1 Å². The highest BCUT2D eigenvalue weighted by Crippen LogP contribution is 2.29. The number of pyridine rings is 2. The van der Waals surface area contributed by atoms with E-state index >= 15 is 0 Å². The molecule has 1 aliphatic heterocycles. The summed E-state index contributed by atoms with van der Waals surface area (Å²) in [6.07, 6.45) is 14.0. The number of nitrogens with one attached hydrogen (secondary N) is 3. The fraction of sp³-hybridized carbons (Fsp3) is 0.480. The maximum Gasteiger partial charge on any atom is 0.249 e. The molecule has 1 atom stereocenters. The number of halogens is 1. The van der Waals surface area contributed by atoms with E-state index in [-0.39, 0.29) is 5.91 Å². The number of hydrogen-bond donors (Lipinski definition) is 3. The Kier molecular flexibility index (Phi) is 8.13. The smallest absolute Gasteiger partial charge is 0.249 e.